The molecule has 3 aromatic rings. The van der Waals surface area contributed by atoms with Crippen LogP contribution in [-0.2, 0) is 28.9 Å². The number of hydrogen-bond acceptors (Lipinski definition) is 9. The van der Waals surface area contributed by atoms with Crippen LogP contribution in [0.4, 0.5) is 18.3 Å². The molecule has 1 amide bonds. The maximum absolute atomic E-state index is 12.9. The van der Waals surface area contributed by atoms with Crippen molar-refractivity contribution in [2.24, 2.45) is 0 Å². The largest absolute Gasteiger partial charge is 0.486 e. The van der Waals surface area contributed by atoms with Crippen LogP contribution >= 0.6 is 23.1 Å². The Morgan fingerprint density at radius 2 is 2.00 bits per heavy atom. The third-order valence-electron chi connectivity index (χ3n) is 4.48. The van der Waals surface area contributed by atoms with Gasteiger partial charge in [0.2, 0.25) is 5.91 Å². The Kier molecular flexibility index (Phi) is 8.72. The van der Waals surface area contributed by atoms with Gasteiger partial charge in [-0.1, -0.05) is 29.2 Å². The van der Waals surface area contributed by atoms with E-state index in [0.29, 0.717) is 28.1 Å². The number of thiazole rings is 1. The molecule has 0 saturated heterocycles. The van der Waals surface area contributed by atoms with Crippen LogP contribution in [0.1, 0.15) is 40.6 Å². The molecule has 1 N–H and O–H groups in total. The molecule has 3 rings (SSSR count). The smallest absolute Gasteiger partial charge is 0.416 e. The number of thioether (sulfide) groups is 1. The Bertz CT molecular complexity index is 1200. The molecule has 14 heteroatoms. The molecule has 0 atom stereocenters. The number of benzene rings is 1. The highest BCUT2D eigenvalue weighted by Gasteiger charge is 2.30. The maximum Gasteiger partial charge on any atom is 0.416 e. The molecule has 0 aliphatic heterocycles. The van der Waals surface area contributed by atoms with Crippen molar-refractivity contribution >= 4 is 40.1 Å². The van der Waals surface area contributed by atoms with Gasteiger partial charge in [0.05, 0.1) is 23.6 Å². The maximum atomic E-state index is 12.9. The normalized spacial score (nSPS) is 11.4. The fourth-order valence-electron chi connectivity index (χ4n) is 2.88. The average molecular weight is 530 g/mol. The van der Waals surface area contributed by atoms with E-state index in [1.54, 1.807) is 18.4 Å². The van der Waals surface area contributed by atoms with Crippen LogP contribution in [0.2, 0.25) is 0 Å². The van der Waals surface area contributed by atoms with Gasteiger partial charge in [-0.05, 0) is 39.0 Å². The summed E-state index contributed by atoms with van der Waals surface area (Å²) in [5.74, 6) is -0.387. The second kappa shape index (κ2) is 11.5. The molecular weight excluding hydrogens is 507 g/mol. The zero-order valence-corrected chi connectivity index (χ0v) is 20.6. The minimum atomic E-state index is -4.47. The van der Waals surface area contributed by atoms with E-state index in [1.807, 2.05) is 6.92 Å². The first-order chi connectivity index (χ1) is 16.6. The molecule has 188 valence electrons. The summed E-state index contributed by atoms with van der Waals surface area (Å²) in [7, 11) is 0. The second-order valence-corrected chi connectivity index (χ2v) is 8.89. The number of carbonyl (C=O) groups excluding carboxylic acids is 2. The number of carbonyl (C=O) groups is 2. The summed E-state index contributed by atoms with van der Waals surface area (Å²) in [4.78, 5) is 28.8. The van der Waals surface area contributed by atoms with Crippen molar-refractivity contribution in [3.8, 4) is 5.75 Å². The topological polar surface area (TPSA) is 108 Å². The average Bonchev–Trinajstić information content (AvgIpc) is 3.38. The number of nitrogens with one attached hydrogen (secondary N) is 1. The second-order valence-electron chi connectivity index (χ2n) is 6.95. The lowest BCUT2D eigenvalue weighted by atomic mass is 10.2. The molecule has 2 aromatic heterocycles. The fraction of sp³-hybridized carbons (Fsp3) is 0.381. The standard InChI is InChI=1S/C21H22F3N5O4S2/c1-4-29-15(10-33-14-8-6-7-13(9-14)21(22,23)24)27-28-20(29)34-11-16(30)26-19-25-12(3)17(35-19)18(31)32-5-2/h6-9H,4-5,10-11H2,1-3H3,(H,25,26,30). The molecule has 0 aliphatic rings. The first kappa shape index (κ1) is 26.5. The molecule has 0 aliphatic carbocycles. The summed E-state index contributed by atoms with van der Waals surface area (Å²) in [5, 5.41) is 11.5. The van der Waals surface area contributed by atoms with Crippen LogP contribution in [0.15, 0.2) is 29.4 Å². The van der Waals surface area contributed by atoms with E-state index in [2.05, 4.69) is 20.5 Å². The lowest BCUT2D eigenvalue weighted by Gasteiger charge is -2.11. The number of esters is 1. The zero-order valence-electron chi connectivity index (χ0n) is 19.0. The lowest BCUT2D eigenvalue weighted by Crippen LogP contribution is -2.14. The Morgan fingerprint density at radius 1 is 1.23 bits per heavy atom. The monoisotopic (exact) mass is 529 g/mol. The third kappa shape index (κ3) is 6.94. The van der Waals surface area contributed by atoms with Gasteiger partial charge in [-0.3, -0.25) is 4.79 Å². The van der Waals surface area contributed by atoms with Crippen molar-refractivity contribution in [3.63, 3.8) is 0 Å². The number of nitrogens with zero attached hydrogens (tertiary/aromatic N) is 4. The van der Waals surface area contributed by atoms with E-state index in [9.17, 15) is 22.8 Å². The van der Waals surface area contributed by atoms with E-state index in [-0.39, 0.29) is 35.8 Å². The minimum Gasteiger partial charge on any atom is -0.486 e. The molecule has 0 saturated carbocycles. The predicted octanol–water partition coefficient (Wildman–Crippen LogP) is 4.57. The van der Waals surface area contributed by atoms with Crippen molar-refractivity contribution in [3.05, 3.63) is 46.2 Å². The molecule has 9 nitrogen and oxygen atoms in total. The Balaban J connectivity index is 1.58. The van der Waals surface area contributed by atoms with Crippen LogP contribution in [0.5, 0.6) is 5.75 Å². The first-order valence-corrected chi connectivity index (χ1v) is 12.2. The summed E-state index contributed by atoms with van der Waals surface area (Å²) < 4.78 is 50.8. The third-order valence-corrected chi connectivity index (χ3v) is 6.49. The summed E-state index contributed by atoms with van der Waals surface area (Å²) in [6, 6.07) is 4.57. The van der Waals surface area contributed by atoms with Gasteiger partial charge in [0, 0.05) is 6.54 Å². The molecular formula is C21H22F3N5O4S2. The highest BCUT2D eigenvalue weighted by molar-refractivity contribution is 7.99. The van der Waals surface area contributed by atoms with Gasteiger partial charge < -0.3 is 19.4 Å². The van der Waals surface area contributed by atoms with Gasteiger partial charge in [-0.25, -0.2) is 9.78 Å². The Hall–Kier alpha value is -3.13. The molecule has 35 heavy (non-hydrogen) atoms. The molecule has 0 spiro atoms. The molecule has 0 unspecified atom stereocenters. The molecule has 2 heterocycles. The molecule has 0 radical (unpaired) electrons. The van der Waals surface area contributed by atoms with Crippen LogP contribution < -0.4 is 10.1 Å². The van der Waals surface area contributed by atoms with E-state index in [0.717, 1.165) is 35.2 Å². The van der Waals surface area contributed by atoms with Crippen molar-refractivity contribution in [2.45, 2.75) is 45.3 Å². The van der Waals surface area contributed by atoms with Crippen molar-refractivity contribution in [2.75, 3.05) is 17.7 Å². The predicted molar refractivity (Wildman–Crippen MR) is 124 cm³/mol. The van der Waals surface area contributed by atoms with Gasteiger partial charge in [0.25, 0.3) is 0 Å². The van der Waals surface area contributed by atoms with E-state index < -0.39 is 17.7 Å². The van der Waals surface area contributed by atoms with Gasteiger partial charge in [0.1, 0.15) is 17.2 Å². The Morgan fingerprint density at radius 3 is 2.69 bits per heavy atom. The zero-order chi connectivity index (χ0) is 25.6. The number of amides is 1. The number of halogens is 3. The first-order valence-electron chi connectivity index (χ1n) is 10.4. The summed E-state index contributed by atoms with van der Waals surface area (Å²) >= 11 is 2.16. The quantitative estimate of drug-likeness (QED) is 0.301. The summed E-state index contributed by atoms with van der Waals surface area (Å²) in [6.07, 6.45) is -4.47. The number of rotatable bonds is 10. The van der Waals surface area contributed by atoms with Crippen molar-refractivity contribution in [1.82, 2.24) is 19.7 Å². The minimum absolute atomic E-state index is 0.0000141. The lowest BCUT2D eigenvalue weighted by molar-refractivity contribution is -0.137. The number of aryl methyl sites for hydroxylation is 1. The van der Waals surface area contributed by atoms with Crippen LogP contribution in [-0.4, -0.2) is 44.0 Å². The molecule has 1 aromatic carbocycles. The van der Waals surface area contributed by atoms with Crippen molar-refractivity contribution < 1.29 is 32.2 Å². The highest BCUT2D eigenvalue weighted by Crippen LogP contribution is 2.31. The van der Waals surface area contributed by atoms with E-state index in [4.69, 9.17) is 9.47 Å². The molecule has 0 fully saturated rings. The molecule has 0 bridgehead atoms. The number of ether oxygens (including phenoxy) is 2. The highest BCUT2D eigenvalue weighted by atomic mass is 32.2. The number of anilines is 1. The fourth-order valence-corrected chi connectivity index (χ4v) is 4.58. The van der Waals surface area contributed by atoms with Crippen molar-refractivity contribution in [1.29, 1.82) is 0 Å². The van der Waals surface area contributed by atoms with E-state index in [1.165, 1.54) is 12.1 Å². The SMILES string of the molecule is CCOC(=O)c1sc(NC(=O)CSc2nnc(COc3cccc(C(F)(F)F)c3)n2CC)nc1C. The number of aromatic nitrogens is 4. The summed E-state index contributed by atoms with van der Waals surface area (Å²) in [5.41, 5.74) is -0.341. The summed E-state index contributed by atoms with van der Waals surface area (Å²) in [6.45, 7) is 5.80. The van der Waals surface area contributed by atoms with Gasteiger partial charge in [-0.2, -0.15) is 13.2 Å². The van der Waals surface area contributed by atoms with Gasteiger partial charge in [-0.15, -0.1) is 10.2 Å². The van der Waals surface area contributed by atoms with Crippen LogP contribution in [0.25, 0.3) is 0 Å². The van der Waals surface area contributed by atoms with Gasteiger partial charge in [0.15, 0.2) is 16.1 Å². The Labute approximate surface area is 207 Å². The van der Waals surface area contributed by atoms with Crippen LogP contribution in [0.3, 0.4) is 0 Å². The van der Waals surface area contributed by atoms with Gasteiger partial charge >= 0.3 is 12.1 Å². The van der Waals surface area contributed by atoms with Crippen LogP contribution in [0, 0.1) is 6.92 Å². The van der Waals surface area contributed by atoms with E-state index >= 15 is 0 Å². The number of alkyl halides is 3. The number of hydrogen-bond donors (Lipinski definition) is 1.